The molecule has 1 amide bonds. The highest BCUT2D eigenvalue weighted by molar-refractivity contribution is 6.30. The van der Waals surface area contributed by atoms with Gasteiger partial charge in [-0.05, 0) is 43.0 Å². The molecule has 1 heterocycles. The Kier molecular flexibility index (Phi) is 6.46. The standard InChI is InChI=1S/C13H9ClO.C4H7NO2.CH5N/c14-11-3-1-2-9(6-11)8-15-13-7-10-4-5-12(10)13;1-3-2-5-4(6)7-3;1-2/h1-7H,8H2;3H,2H2,1H3,(H,5,6);2H2,1H3. The highest BCUT2D eigenvalue weighted by Crippen LogP contribution is 2.25. The van der Waals surface area contributed by atoms with Crippen LogP contribution < -0.4 is 15.8 Å². The summed E-state index contributed by atoms with van der Waals surface area (Å²) >= 11 is 5.88. The number of amides is 1. The van der Waals surface area contributed by atoms with Crippen LogP contribution in [0.25, 0.3) is 0 Å². The van der Waals surface area contributed by atoms with Gasteiger partial charge >= 0.3 is 6.09 Å². The lowest BCUT2D eigenvalue weighted by molar-refractivity contribution is 0.148. The molecule has 24 heavy (non-hydrogen) atoms. The minimum absolute atomic E-state index is 0.0625. The minimum Gasteiger partial charge on any atom is -0.488 e. The minimum atomic E-state index is -0.299. The third-order valence-electron chi connectivity index (χ3n) is 3.42. The Balaban J connectivity index is 0.000000196. The first-order chi connectivity index (χ1) is 11.6. The molecule has 6 heteroatoms. The predicted molar refractivity (Wildman–Crippen MR) is 94.0 cm³/mol. The van der Waals surface area contributed by atoms with E-state index in [4.69, 9.17) is 16.3 Å². The van der Waals surface area contributed by atoms with Gasteiger partial charge in [0.25, 0.3) is 0 Å². The fraction of sp³-hybridized carbons (Fsp3) is 0.278. The Morgan fingerprint density at radius 2 is 2.08 bits per heavy atom. The maximum absolute atomic E-state index is 10.1. The van der Waals surface area contributed by atoms with E-state index in [1.54, 1.807) is 0 Å². The van der Waals surface area contributed by atoms with E-state index in [0.717, 1.165) is 16.3 Å². The second kappa shape index (κ2) is 8.57. The molecule has 0 radical (unpaired) electrons. The molecule has 0 spiro atoms. The number of carbonyl (C=O) groups excluding carboxylic acids is 1. The number of rotatable bonds is 3. The van der Waals surface area contributed by atoms with Crippen LogP contribution in [0.3, 0.4) is 0 Å². The SMILES string of the molecule is CC1CNC(=O)O1.CN.Clc1cccc(COc2cc3ccc2=3)c1. The number of nitrogens with two attached hydrogens (primary N) is 1. The lowest BCUT2D eigenvalue weighted by Crippen LogP contribution is -2.12. The van der Waals surface area contributed by atoms with Crippen molar-refractivity contribution in [3.05, 3.63) is 63.5 Å². The van der Waals surface area contributed by atoms with Crippen LogP contribution in [0.2, 0.25) is 5.02 Å². The summed E-state index contributed by atoms with van der Waals surface area (Å²) in [6, 6.07) is 13.9. The monoisotopic (exact) mass is 348 g/mol. The zero-order chi connectivity index (χ0) is 17.5. The highest BCUT2D eigenvalue weighted by Gasteiger charge is 2.16. The molecule has 0 saturated carbocycles. The van der Waals surface area contributed by atoms with Gasteiger partial charge in [-0.15, -0.1) is 0 Å². The molecule has 3 aliphatic rings. The van der Waals surface area contributed by atoms with Crippen molar-refractivity contribution < 1.29 is 14.3 Å². The molecule has 1 unspecified atom stereocenters. The van der Waals surface area contributed by atoms with Crippen LogP contribution in [-0.2, 0) is 11.3 Å². The summed E-state index contributed by atoms with van der Waals surface area (Å²) in [6.07, 6.45) is -0.236. The number of alkyl carbamates (subject to hydrolysis) is 1. The predicted octanol–water partition coefficient (Wildman–Crippen LogP) is 3.21. The van der Waals surface area contributed by atoms with E-state index in [1.165, 1.54) is 17.5 Å². The molecule has 1 aromatic carbocycles. The number of hydrogen-bond donors (Lipinski definition) is 2. The quantitative estimate of drug-likeness (QED) is 0.762. The average Bonchev–Trinajstić information content (AvgIpc) is 2.94. The van der Waals surface area contributed by atoms with Gasteiger partial charge in [0.15, 0.2) is 0 Å². The summed E-state index contributed by atoms with van der Waals surface area (Å²) in [4.78, 5) is 10.1. The van der Waals surface area contributed by atoms with Crippen molar-refractivity contribution in [2.24, 2.45) is 5.73 Å². The number of cyclic esters (lactones) is 1. The van der Waals surface area contributed by atoms with Crippen molar-refractivity contribution in [1.82, 2.24) is 5.32 Å². The summed E-state index contributed by atoms with van der Waals surface area (Å²) in [7, 11) is 1.50. The fourth-order valence-electron chi connectivity index (χ4n) is 2.15. The van der Waals surface area contributed by atoms with E-state index in [2.05, 4.69) is 34.0 Å². The van der Waals surface area contributed by atoms with Crippen LogP contribution in [0.4, 0.5) is 4.79 Å². The number of ether oxygens (including phenoxy) is 2. The second-order valence-electron chi connectivity index (χ2n) is 5.23. The molecule has 3 N–H and O–H groups in total. The van der Waals surface area contributed by atoms with Crippen molar-refractivity contribution in [3.63, 3.8) is 0 Å². The molecule has 1 atom stereocenters. The van der Waals surface area contributed by atoms with Crippen molar-refractivity contribution in [2.45, 2.75) is 19.6 Å². The van der Waals surface area contributed by atoms with Gasteiger partial charge in [0.2, 0.25) is 0 Å². The van der Waals surface area contributed by atoms with Gasteiger partial charge in [-0.3, -0.25) is 0 Å². The molecule has 0 aromatic heterocycles. The van der Waals surface area contributed by atoms with Gasteiger partial charge in [-0.25, -0.2) is 4.79 Å². The van der Waals surface area contributed by atoms with Crippen LogP contribution in [0.1, 0.15) is 12.5 Å². The van der Waals surface area contributed by atoms with E-state index in [-0.39, 0.29) is 12.2 Å². The van der Waals surface area contributed by atoms with Crippen molar-refractivity contribution in [2.75, 3.05) is 13.6 Å². The van der Waals surface area contributed by atoms with Crippen LogP contribution >= 0.6 is 11.6 Å². The Labute approximate surface area is 146 Å². The maximum Gasteiger partial charge on any atom is 0.407 e. The second-order valence-corrected chi connectivity index (χ2v) is 5.66. The Morgan fingerprint density at radius 3 is 2.50 bits per heavy atom. The van der Waals surface area contributed by atoms with E-state index in [0.29, 0.717) is 13.2 Å². The molecule has 2 aliphatic carbocycles. The van der Waals surface area contributed by atoms with Crippen molar-refractivity contribution >= 4 is 17.7 Å². The fourth-order valence-corrected chi connectivity index (χ4v) is 2.37. The molecule has 5 nitrogen and oxygen atoms in total. The average molecular weight is 349 g/mol. The van der Waals surface area contributed by atoms with Gasteiger partial charge < -0.3 is 20.5 Å². The summed E-state index contributed by atoms with van der Waals surface area (Å²) in [5, 5.41) is 5.81. The largest absolute Gasteiger partial charge is 0.488 e. The first-order valence-electron chi connectivity index (χ1n) is 7.66. The summed E-state index contributed by atoms with van der Waals surface area (Å²) in [5.74, 6) is 0.993. The molecular formula is C18H21ClN2O3. The van der Waals surface area contributed by atoms with Crippen LogP contribution in [0, 0.1) is 10.4 Å². The zero-order valence-electron chi connectivity index (χ0n) is 13.7. The number of hydrogen-bond acceptors (Lipinski definition) is 4. The molecule has 1 aromatic rings. The summed E-state index contributed by atoms with van der Waals surface area (Å²) in [6.45, 7) is 3.08. The van der Waals surface area contributed by atoms with E-state index in [1.807, 2.05) is 31.2 Å². The van der Waals surface area contributed by atoms with Gasteiger partial charge in [0.1, 0.15) is 18.5 Å². The Bertz CT molecular complexity index is 795. The third kappa shape index (κ3) is 4.63. The van der Waals surface area contributed by atoms with Crippen molar-refractivity contribution in [1.29, 1.82) is 0 Å². The number of benzene rings is 2. The number of halogens is 1. The third-order valence-corrected chi connectivity index (χ3v) is 3.65. The van der Waals surface area contributed by atoms with Crippen LogP contribution in [-0.4, -0.2) is 25.8 Å². The molecule has 1 saturated heterocycles. The Hall–Kier alpha value is -2.24. The lowest BCUT2D eigenvalue weighted by atomic mass is 10.1. The summed E-state index contributed by atoms with van der Waals surface area (Å²) in [5.41, 5.74) is 5.60. The Morgan fingerprint density at radius 1 is 1.29 bits per heavy atom. The van der Waals surface area contributed by atoms with Crippen LogP contribution in [0.5, 0.6) is 5.75 Å². The van der Waals surface area contributed by atoms with Gasteiger partial charge in [0, 0.05) is 10.2 Å². The lowest BCUT2D eigenvalue weighted by Gasteiger charge is -2.13. The normalized spacial score (nSPS) is 15.8. The molecular weight excluding hydrogens is 328 g/mol. The van der Waals surface area contributed by atoms with Gasteiger partial charge in [-0.1, -0.05) is 35.9 Å². The number of nitrogens with one attached hydrogen (secondary N) is 1. The topological polar surface area (TPSA) is 73.6 Å². The van der Waals surface area contributed by atoms with E-state index >= 15 is 0 Å². The number of carbonyl (C=O) groups is 1. The molecule has 0 bridgehead atoms. The smallest absolute Gasteiger partial charge is 0.407 e. The molecule has 4 rings (SSSR count). The zero-order valence-corrected chi connectivity index (χ0v) is 14.5. The van der Waals surface area contributed by atoms with Gasteiger partial charge in [0.05, 0.1) is 6.54 Å². The van der Waals surface area contributed by atoms with E-state index in [9.17, 15) is 4.79 Å². The maximum atomic E-state index is 10.1. The molecule has 128 valence electrons. The molecule has 1 fully saturated rings. The first kappa shape index (κ1) is 18.1. The highest BCUT2D eigenvalue weighted by atomic mass is 35.5. The van der Waals surface area contributed by atoms with Crippen molar-refractivity contribution in [3.8, 4) is 5.75 Å². The first-order valence-corrected chi connectivity index (χ1v) is 8.03. The van der Waals surface area contributed by atoms with Crippen LogP contribution in [0.15, 0.2) is 42.5 Å². The summed E-state index contributed by atoms with van der Waals surface area (Å²) < 4.78 is 10.3. The van der Waals surface area contributed by atoms with E-state index < -0.39 is 0 Å². The molecule has 1 aliphatic heterocycles. The van der Waals surface area contributed by atoms with Gasteiger partial charge in [-0.2, -0.15) is 0 Å².